The Bertz CT molecular complexity index is 836. The molecule has 0 aromatic heterocycles. The van der Waals surface area contributed by atoms with Crippen molar-refractivity contribution < 1.29 is 0 Å². The van der Waals surface area contributed by atoms with E-state index in [4.69, 9.17) is 28.9 Å². The quantitative estimate of drug-likeness (QED) is 0.344. The number of rotatable bonds is 6. The topological polar surface area (TPSA) is 38.0 Å². The van der Waals surface area contributed by atoms with E-state index in [9.17, 15) is 0 Å². The van der Waals surface area contributed by atoms with Crippen LogP contribution in [0.25, 0.3) is 0 Å². The highest BCUT2D eigenvalue weighted by Crippen LogP contribution is 2.53. The maximum absolute atomic E-state index is 6.54. The van der Waals surface area contributed by atoms with E-state index in [2.05, 4.69) is 38.4 Å². The van der Waals surface area contributed by atoms with Gasteiger partial charge in [-0.15, -0.1) is 0 Å². The standard InChI is InChI=1S/C25H34Cl2N2S/c1-5-17(2)25(11-7-10-24(12-13-25)16-29-15-22(24)28)18(3)14-19(4)30-21-9-6-8-20(26)23(21)27/h5-6,8-9,14,18,22,29H,1-2,7,10-13,15-16,28H2,3-4H3/b19-14+. The fraction of sp³-hybridized carbons (Fsp3) is 0.520. The first-order valence-electron chi connectivity index (χ1n) is 10.8. The summed E-state index contributed by atoms with van der Waals surface area (Å²) in [6, 6.07) is 6.03. The van der Waals surface area contributed by atoms with Gasteiger partial charge in [0.1, 0.15) is 0 Å². The van der Waals surface area contributed by atoms with Crippen LogP contribution in [0.5, 0.6) is 0 Å². The van der Waals surface area contributed by atoms with Gasteiger partial charge in [0.2, 0.25) is 0 Å². The van der Waals surface area contributed by atoms with Gasteiger partial charge < -0.3 is 11.1 Å². The molecule has 4 atom stereocenters. The van der Waals surface area contributed by atoms with Crippen molar-refractivity contribution in [2.24, 2.45) is 22.5 Å². The highest BCUT2D eigenvalue weighted by atomic mass is 35.5. The molecule has 3 rings (SSSR count). The summed E-state index contributed by atoms with van der Waals surface area (Å²) in [7, 11) is 0. The van der Waals surface area contributed by atoms with E-state index in [1.165, 1.54) is 17.7 Å². The van der Waals surface area contributed by atoms with Crippen molar-refractivity contribution in [1.29, 1.82) is 0 Å². The number of hydrogen-bond donors (Lipinski definition) is 2. The number of halogens is 2. The van der Waals surface area contributed by atoms with Crippen LogP contribution in [0.1, 0.15) is 46.0 Å². The zero-order chi connectivity index (χ0) is 21.9. The van der Waals surface area contributed by atoms with Crippen LogP contribution in [-0.2, 0) is 0 Å². The predicted molar refractivity (Wildman–Crippen MR) is 133 cm³/mol. The van der Waals surface area contributed by atoms with Gasteiger partial charge in [-0.2, -0.15) is 0 Å². The van der Waals surface area contributed by atoms with Gasteiger partial charge in [0.25, 0.3) is 0 Å². The lowest BCUT2D eigenvalue weighted by molar-refractivity contribution is 0.205. The summed E-state index contributed by atoms with van der Waals surface area (Å²) in [4.78, 5) is 2.21. The Hall–Kier alpha value is -0.710. The molecule has 1 saturated carbocycles. The minimum absolute atomic E-state index is 0.0213. The largest absolute Gasteiger partial charge is 0.326 e. The molecule has 2 nitrogen and oxygen atoms in total. The molecule has 1 aromatic carbocycles. The summed E-state index contributed by atoms with van der Waals surface area (Å²) >= 11 is 14.3. The first kappa shape index (κ1) is 23.9. The van der Waals surface area contributed by atoms with Gasteiger partial charge in [-0.1, -0.05) is 79.7 Å². The smallest absolute Gasteiger partial charge is 0.0731 e. The van der Waals surface area contributed by atoms with Crippen LogP contribution >= 0.6 is 35.0 Å². The monoisotopic (exact) mass is 464 g/mol. The van der Waals surface area contributed by atoms with Gasteiger partial charge in [-0.3, -0.25) is 0 Å². The summed E-state index contributed by atoms with van der Waals surface area (Å²) in [6.45, 7) is 15.0. The lowest BCUT2D eigenvalue weighted by Gasteiger charge is -2.40. The van der Waals surface area contributed by atoms with Gasteiger partial charge in [0.05, 0.1) is 10.0 Å². The molecule has 0 radical (unpaired) electrons. The van der Waals surface area contributed by atoms with Crippen LogP contribution in [0.3, 0.4) is 0 Å². The summed E-state index contributed by atoms with van der Waals surface area (Å²) in [5.74, 6) is 0.342. The molecule has 1 saturated heterocycles. The summed E-state index contributed by atoms with van der Waals surface area (Å²) in [6.07, 6.45) is 10.1. The third-order valence-electron chi connectivity index (χ3n) is 7.42. The molecule has 164 valence electrons. The van der Waals surface area contributed by atoms with Crippen LogP contribution < -0.4 is 11.1 Å². The number of nitrogens with one attached hydrogen (secondary N) is 1. The van der Waals surface area contributed by atoms with Crippen molar-refractivity contribution in [3.05, 3.63) is 64.0 Å². The van der Waals surface area contributed by atoms with Crippen LogP contribution in [-0.4, -0.2) is 19.1 Å². The second-order valence-corrected chi connectivity index (χ2v) is 11.1. The second-order valence-electron chi connectivity index (χ2n) is 9.06. The van der Waals surface area contributed by atoms with Crippen molar-refractivity contribution in [3.63, 3.8) is 0 Å². The molecule has 1 aliphatic carbocycles. The Morgan fingerprint density at radius 1 is 1.30 bits per heavy atom. The molecule has 2 aliphatic rings. The Kier molecular flexibility index (Phi) is 7.85. The third kappa shape index (κ3) is 4.71. The Morgan fingerprint density at radius 2 is 2.07 bits per heavy atom. The van der Waals surface area contributed by atoms with E-state index >= 15 is 0 Å². The zero-order valence-electron chi connectivity index (χ0n) is 18.1. The molecular formula is C25H34Cl2N2S. The van der Waals surface area contributed by atoms with Crippen LogP contribution in [0.15, 0.2) is 58.9 Å². The summed E-state index contributed by atoms with van der Waals surface area (Å²) in [5, 5.41) is 4.73. The predicted octanol–water partition coefficient (Wildman–Crippen LogP) is 7.24. The molecular weight excluding hydrogens is 431 g/mol. The number of nitrogens with two attached hydrogens (primary N) is 1. The van der Waals surface area contributed by atoms with E-state index in [1.807, 2.05) is 24.3 Å². The summed E-state index contributed by atoms with van der Waals surface area (Å²) in [5.41, 5.74) is 7.94. The molecule has 0 bridgehead atoms. The van der Waals surface area contributed by atoms with Gasteiger partial charge in [0, 0.05) is 29.4 Å². The van der Waals surface area contributed by atoms with Gasteiger partial charge in [-0.25, -0.2) is 0 Å². The van der Waals surface area contributed by atoms with Gasteiger partial charge in [-0.05, 0) is 66.6 Å². The molecule has 3 N–H and O–H groups in total. The highest BCUT2D eigenvalue weighted by molar-refractivity contribution is 8.03. The molecule has 1 aromatic rings. The first-order valence-corrected chi connectivity index (χ1v) is 12.4. The average Bonchev–Trinajstić information content (AvgIpc) is 2.95. The Labute approximate surface area is 196 Å². The Balaban J connectivity index is 1.84. The van der Waals surface area contributed by atoms with Crippen LogP contribution in [0.2, 0.25) is 10.0 Å². The SMILES string of the molecule is C=CC(=C)C1(C(C)/C=C(\C)Sc2cccc(Cl)c2Cl)CCCC2(CC1)CNCC2N. The lowest BCUT2D eigenvalue weighted by atomic mass is 9.65. The fourth-order valence-corrected chi connectivity index (χ4v) is 6.84. The Morgan fingerprint density at radius 3 is 2.73 bits per heavy atom. The van der Waals surface area contributed by atoms with Crippen LogP contribution in [0.4, 0.5) is 0 Å². The van der Waals surface area contributed by atoms with E-state index in [1.54, 1.807) is 11.8 Å². The fourth-order valence-electron chi connectivity index (χ4n) is 5.40. The minimum atomic E-state index is 0.0213. The maximum atomic E-state index is 6.54. The van der Waals surface area contributed by atoms with Gasteiger partial charge in [0.15, 0.2) is 0 Å². The molecule has 30 heavy (non-hydrogen) atoms. The molecule has 1 aliphatic heterocycles. The van der Waals surface area contributed by atoms with Gasteiger partial charge >= 0.3 is 0 Å². The minimum Gasteiger partial charge on any atom is -0.326 e. The molecule has 4 unspecified atom stereocenters. The first-order chi connectivity index (χ1) is 14.2. The molecule has 2 fully saturated rings. The number of allylic oxidation sites excluding steroid dienone is 4. The normalized spacial score (nSPS) is 30.8. The highest BCUT2D eigenvalue weighted by Gasteiger charge is 2.47. The van der Waals surface area contributed by atoms with Crippen molar-refractivity contribution in [2.75, 3.05) is 13.1 Å². The van der Waals surface area contributed by atoms with E-state index < -0.39 is 0 Å². The molecule has 5 heteroatoms. The van der Waals surface area contributed by atoms with E-state index in [0.29, 0.717) is 16.0 Å². The second kappa shape index (κ2) is 9.83. The molecule has 0 amide bonds. The van der Waals surface area contributed by atoms with Crippen molar-refractivity contribution in [3.8, 4) is 0 Å². The zero-order valence-corrected chi connectivity index (χ0v) is 20.5. The number of benzene rings is 1. The molecule has 1 heterocycles. The number of hydrogen-bond acceptors (Lipinski definition) is 3. The number of thioether (sulfide) groups is 1. The third-order valence-corrected chi connectivity index (χ3v) is 9.37. The van der Waals surface area contributed by atoms with Crippen LogP contribution in [0, 0.1) is 16.7 Å². The van der Waals surface area contributed by atoms with Crippen molar-refractivity contribution >= 4 is 35.0 Å². The van der Waals surface area contributed by atoms with Crippen molar-refractivity contribution in [1.82, 2.24) is 5.32 Å². The summed E-state index contributed by atoms with van der Waals surface area (Å²) < 4.78 is 0. The van der Waals surface area contributed by atoms with Crippen molar-refractivity contribution in [2.45, 2.75) is 56.9 Å². The maximum Gasteiger partial charge on any atom is 0.0731 e. The van der Waals surface area contributed by atoms with E-state index in [0.717, 1.165) is 42.8 Å². The molecule has 1 spiro atoms. The lowest BCUT2D eigenvalue weighted by Crippen LogP contribution is -2.40. The average molecular weight is 466 g/mol. The van der Waals surface area contributed by atoms with E-state index in [-0.39, 0.29) is 16.9 Å².